The second kappa shape index (κ2) is 7.90. The van der Waals surface area contributed by atoms with Crippen LogP contribution in [0.15, 0.2) is 40.3 Å². The van der Waals surface area contributed by atoms with E-state index in [1.165, 1.54) is 0 Å². The molecule has 130 valence electrons. The number of hydrogen-bond donors (Lipinski definition) is 1. The summed E-state index contributed by atoms with van der Waals surface area (Å²) in [6, 6.07) is 7.40. The number of ether oxygens (including phenoxy) is 1. The first-order valence-corrected chi connectivity index (χ1v) is 8.75. The summed E-state index contributed by atoms with van der Waals surface area (Å²) in [6.45, 7) is 0. The topological polar surface area (TPSA) is 46.0 Å². The van der Waals surface area contributed by atoms with Crippen LogP contribution in [-0.4, -0.2) is 32.5 Å². The van der Waals surface area contributed by atoms with E-state index < -0.39 is 13.8 Å². The zero-order valence-corrected chi connectivity index (χ0v) is 16.6. The van der Waals surface area contributed by atoms with Crippen LogP contribution in [0.3, 0.4) is 0 Å². The molecule has 0 saturated heterocycles. The predicted octanol–water partition coefficient (Wildman–Crippen LogP) is 5.18. The molecule has 10 heteroatoms. The Labute approximate surface area is 169 Å². The van der Waals surface area contributed by atoms with Gasteiger partial charge < -0.3 is 10.1 Å². The SMILES string of the molecule is COc1ccc(C=CC2N=C(C(Cl)(Cl)Cl)NC(C(Cl)(Cl)Cl)=N2)cc1. The van der Waals surface area contributed by atoms with Crippen molar-refractivity contribution < 1.29 is 4.74 Å². The number of rotatable bonds is 3. The molecule has 0 amide bonds. The minimum absolute atomic E-state index is 0.0215. The number of amidine groups is 2. The van der Waals surface area contributed by atoms with E-state index in [0.717, 1.165) is 11.3 Å². The fourth-order valence-corrected chi connectivity index (χ4v) is 2.33. The van der Waals surface area contributed by atoms with Crippen molar-refractivity contribution in [3.05, 3.63) is 35.9 Å². The van der Waals surface area contributed by atoms with Crippen molar-refractivity contribution in [1.82, 2.24) is 5.32 Å². The Morgan fingerprint density at radius 2 is 1.46 bits per heavy atom. The van der Waals surface area contributed by atoms with Crippen LogP contribution in [0.2, 0.25) is 0 Å². The molecule has 1 heterocycles. The van der Waals surface area contributed by atoms with Gasteiger partial charge in [-0.2, -0.15) is 0 Å². The monoisotopic (exact) mass is 447 g/mol. The summed E-state index contributed by atoms with van der Waals surface area (Å²) in [6.07, 6.45) is 2.79. The number of methoxy groups -OCH3 is 1. The second-order valence-corrected chi connectivity index (χ2v) is 9.18. The van der Waals surface area contributed by atoms with Gasteiger partial charge in [0.1, 0.15) is 5.75 Å². The number of nitrogens with zero attached hydrogens (tertiary/aromatic N) is 2. The zero-order chi connectivity index (χ0) is 18.0. The Hall–Kier alpha value is -0.360. The molecule has 1 aromatic carbocycles. The predicted molar refractivity (Wildman–Crippen MR) is 104 cm³/mol. The largest absolute Gasteiger partial charge is 0.497 e. The molecule has 0 unspecified atom stereocenters. The van der Waals surface area contributed by atoms with Crippen LogP contribution in [0.1, 0.15) is 5.56 Å². The van der Waals surface area contributed by atoms with Gasteiger partial charge in [0.2, 0.25) is 7.59 Å². The van der Waals surface area contributed by atoms with Crippen LogP contribution in [0.5, 0.6) is 5.75 Å². The van der Waals surface area contributed by atoms with Crippen molar-refractivity contribution in [1.29, 1.82) is 0 Å². The third-order valence-corrected chi connectivity index (χ3v) is 3.95. The van der Waals surface area contributed by atoms with Gasteiger partial charge in [-0.05, 0) is 23.8 Å². The van der Waals surface area contributed by atoms with Gasteiger partial charge in [0.25, 0.3) is 0 Å². The first-order valence-electron chi connectivity index (χ1n) is 6.49. The van der Waals surface area contributed by atoms with E-state index >= 15 is 0 Å². The molecular weight excluding hydrogens is 439 g/mol. The fourth-order valence-electron chi connectivity index (χ4n) is 1.76. The lowest BCUT2D eigenvalue weighted by molar-refractivity contribution is 0.415. The molecule has 0 bridgehead atoms. The minimum atomic E-state index is -1.80. The molecule has 0 aromatic heterocycles. The van der Waals surface area contributed by atoms with E-state index in [0.29, 0.717) is 0 Å². The van der Waals surface area contributed by atoms with Crippen LogP contribution >= 0.6 is 69.6 Å². The third-order valence-electron chi connectivity index (χ3n) is 2.87. The molecule has 1 aliphatic rings. The molecule has 0 fully saturated rings. The first kappa shape index (κ1) is 20.0. The van der Waals surface area contributed by atoms with Gasteiger partial charge in [-0.3, -0.25) is 0 Å². The number of benzene rings is 1. The highest BCUT2D eigenvalue weighted by molar-refractivity contribution is 6.79. The Morgan fingerprint density at radius 3 is 1.88 bits per heavy atom. The summed E-state index contributed by atoms with van der Waals surface area (Å²) in [5.74, 6) is 0.795. The van der Waals surface area contributed by atoms with E-state index in [4.69, 9.17) is 74.3 Å². The van der Waals surface area contributed by atoms with Crippen molar-refractivity contribution >= 4 is 87.4 Å². The van der Waals surface area contributed by atoms with Crippen LogP contribution in [0, 0.1) is 0 Å². The Bertz CT molecular complexity index is 643. The van der Waals surface area contributed by atoms with E-state index in [1.54, 1.807) is 19.3 Å². The van der Waals surface area contributed by atoms with Gasteiger partial charge in [-0.15, -0.1) is 0 Å². The van der Waals surface area contributed by atoms with Crippen molar-refractivity contribution in [2.24, 2.45) is 9.98 Å². The molecule has 2 rings (SSSR count). The van der Waals surface area contributed by atoms with Gasteiger partial charge >= 0.3 is 0 Å². The quantitative estimate of drug-likeness (QED) is 0.646. The Balaban J connectivity index is 2.27. The third kappa shape index (κ3) is 5.58. The molecule has 1 aromatic rings. The second-order valence-electron chi connectivity index (χ2n) is 4.62. The molecule has 1 aliphatic heterocycles. The van der Waals surface area contributed by atoms with Crippen LogP contribution in [0.4, 0.5) is 0 Å². The number of halogens is 6. The van der Waals surface area contributed by atoms with Crippen LogP contribution < -0.4 is 10.1 Å². The molecular formula is C14H11Cl6N3O. The summed E-state index contributed by atoms with van der Waals surface area (Å²) in [7, 11) is 1.60. The zero-order valence-electron chi connectivity index (χ0n) is 12.1. The summed E-state index contributed by atoms with van der Waals surface area (Å²) in [4.78, 5) is 8.40. The van der Waals surface area contributed by atoms with E-state index in [1.807, 2.05) is 24.3 Å². The summed E-state index contributed by atoms with van der Waals surface area (Å²) in [5, 5.41) is 2.63. The van der Waals surface area contributed by atoms with Crippen molar-refractivity contribution in [2.75, 3.05) is 7.11 Å². The molecule has 0 atom stereocenters. The van der Waals surface area contributed by atoms with Gasteiger partial charge in [0.05, 0.1) is 7.11 Å². The maximum absolute atomic E-state index is 5.86. The highest BCUT2D eigenvalue weighted by atomic mass is 35.6. The van der Waals surface area contributed by atoms with E-state index in [2.05, 4.69) is 15.3 Å². The lowest BCUT2D eigenvalue weighted by Crippen LogP contribution is -2.48. The Kier molecular flexibility index (Phi) is 6.57. The number of nitrogens with one attached hydrogen (secondary N) is 1. The highest BCUT2D eigenvalue weighted by Gasteiger charge is 2.38. The molecule has 24 heavy (non-hydrogen) atoms. The summed E-state index contributed by atoms with van der Waals surface area (Å²) in [5.41, 5.74) is 0.908. The number of alkyl halides is 6. The standard InChI is InChI=1S/C14H11Cl6N3O/c1-24-9-5-2-8(3-6-9)4-7-10-21-11(13(15,16)17)23-12(22-10)14(18,19)20/h2-7,10H,1H3,(H,21,22,23). The normalized spacial score (nSPS) is 16.6. The number of hydrogen-bond acceptors (Lipinski definition) is 4. The van der Waals surface area contributed by atoms with Gasteiger partial charge in [0, 0.05) is 0 Å². The van der Waals surface area contributed by atoms with Gasteiger partial charge in [-0.25, -0.2) is 9.98 Å². The number of aliphatic imine (C=N–C) groups is 2. The smallest absolute Gasteiger partial charge is 0.247 e. The van der Waals surface area contributed by atoms with E-state index in [-0.39, 0.29) is 11.7 Å². The van der Waals surface area contributed by atoms with Gasteiger partial charge in [-0.1, -0.05) is 87.8 Å². The lowest BCUT2D eigenvalue weighted by atomic mass is 10.2. The molecule has 0 radical (unpaired) electrons. The first-order chi connectivity index (χ1) is 11.1. The maximum atomic E-state index is 5.86. The maximum Gasteiger partial charge on any atom is 0.247 e. The average molecular weight is 450 g/mol. The fraction of sp³-hybridized carbons (Fsp3) is 0.286. The average Bonchev–Trinajstić information content (AvgIpc) is 2.51. The van der Waals surface area contributed by atoms with Crippen molar-refractivity contribution in [3.8, 4) is 5.75 Å². The Morgan fingerprint density at radius 1 is 0.958 bits per heavy atom. The van der Waals surface area contributed by atoms with Crippen molar-refractivity contribution in [3.63, 3.8) is 0 Å². The van der Waals surface area contributed by atoms with Crippen LogP contribution in [-0.2, 0) is 0 Å². The molecule has 0 aliphatic carbocycles. The molecule has 0 spiro atoms. The summed E-state index contributed by atoms with van der Waals surface area (Å²) >= 11 is 35.2. The highest BCUT2D eigenvalue weighted by Crippen LogP contribution is 2.33. The van der Waals surface area contributed by atoms with Crippen LogP contribution in [0.25, 0.3) is 6.08 Å². The van der Waals surface area contributed by atoms with Crippen molar-refractivity contribution in [2.45, 2.75) is 13.8 Å². The lowest BCUT2D eigenvalue weighted by Gasteiger charge is -2.26. The molecule has 0 saturated carbocycles. The molecule has 1 N–H and O–H groups in total. The minimum Gasteiger partial charge on any atom is -0.497 e. The van der Waals surface area contributed by atoms with E-state index in [9.17, 15) is 0 Å². The summed E-state index contributed by atoms with van der Waals surface area (Å²) < 4.78 is 1.50. The molecule has 4 nitrogen and oxygen atoms in total. The van der Waals surface area contributed by atoms with Gasteiger partial charge in [0.15, 0.2) is 17.8 Å².